The highest BCUT2D eigenvalue weighted by molar-refractivity contribution is 4.88. The molecule has 0 aliphatic rings. The molecule has 0 heterocycles. The Balaban J connectivity index is 3.25. The second kappa shape index (κ2) is 38.8. The van der Waals surface area contributed by atoms with E-state index in [0.29, 0.717) is 12.5 Å². The van der Waals surface area contributed by atoms with Gasteiger partial charge in [-0.25, -0.2) is 0 Å². The molecule has 2 N–H and O–H groups in total. The first-order chi connectivity index (χ1) is 21.7. The quantitative estimate of drug-likeness (QED) is 0.0532. The van der Waals surface area contributed by atoms with Crippen molar-refractivity contribution in [2.45, 2.75) is 245 Å². The molecule has 264 valence electrons. The van der Waals surface area contributed by atoms with E-state index in [1.165, 1.54) is 186 Å². The Kier molecular flexibility index (Phi) is 38.5. The number of allylic oxidation sites excluding steroid dienone is 1. The molecule has 0 saturated heterocycles. The Morgan fingerprint density at radius 1 is 0.386 bits per heavy atom. The molecule has 0 bridgehead atoms. The fourth-order valence-corrected chi connectivity index (χ4v) is 6.73. The molecule has 0 spiro atoms. The second-order valence-electron chi connectivity index (χ2n) is 14.4. The molecular formula is C42H84O2. The Morgan fingerprint density at radius 3 is 1.09 bits per heavy atom. The van der Waals surface area contributed by atoms with Crippen LogP contribution in [0.4, 0.5) is 0 Å². The number of hydrogen-bond donors (Lipinski definition) is 2. The largest absolute Gasteiger partial charge is 0.396 e. The van der Waals surface area contributed by atoms with Gasteiger partial charge in [-0.3, -0.25) is 0 Å². The average Bonchev–Trinajstić information content (AvgIpc) is 3.03. The molecule has 0 aromatic carbocycles. The van der Waals surface area contributed by atoms with Gasteiger partial charge >= 0.3 is 0 Å². The van der Waals surface area contributed by atoms with E-state index in [4.69, 9.17) is 0 Å². The molecular weight excluding hydrogens is 536 g/mol. The van der Waals surface area contributed by atoms with Gasteiger partial charge in [-0.05, 0) is 38.0 Å². The van der Waals surface area contributed by atoms with Crippen molar-refractivity contribution in [3.8, 4) is 0 Å². The zero-order valence-electron chi connectivity index (χ0n) is 30.7. The standard InChI is InChI=1S/C42H84O2/c1-3-5-6-7-8-9-10-11-12-13-14-15-16-17-18-19-20-21-22-23-24-25-26-27-28-30-33-37-41(40-43)38-34-31-29-32-35-39-42(44)36-4-2/h34,38,41-44H,3-33,35-37,39-40H2,1-2H3. The zero-order chi connectivity index (χ0) is 32.0. The molecule has 44 heavy (non-hydrogen) atoms. The van der Waals surface area contributed by atoms with E-state index in [0.717, 1.165) is 38.5 Å². The van der Waals surface area contributed by atoms with Gasteiger partial charge in [0.2, 0.25) is 0 Å². The minimum absolute atomic E-state index is 0.0949. The maximum Gasteiger partial charge on any atom is 0.0540 e. The lowest BCUT2D eigenvalue weighted by molar-refractivity contribution is 0.150. The summed E-state index contributed by atoms with van der Waals surface area (Å²) in [5, 5.41) is 19.5. The van der Waals surface area contributed by atoms with E-state index in [-0.39, 0.29) is 6.10 Å². The van der Waals surface area contributed by atoms with Gasteiger partial charge in [0, 0.05) is 6.61 Å². The first kappa shape index (κ1) is 43.7. The Morgan fingerprint density at radius 2 is 0.727 bits per heavy atom. The van der Waals surface area contributed by atoms with E-state index in [1.54, 1.807) is 0 Å². The minimum Gasteiger partial charge on any atom is -0.396 e. The Hall–Kier alpha value is -0.340. The van der Waals surface area contributed by atoms with Gasteiger partial charge in [0.1, 0.15) is 0 Å². The summed E-state index contributed by atoms with van der Waals surface area (Å²) >= 11 is 0. The third kappa shape index (κ3) is 36.1. The summed E-state index contributed by atoms with van der Waals surface area (Å²) in [5.74, 6) is 0.348. The maximum absolute atomic E-state index is 9.80. The molecule has 0 aromatic rings. The van der Waals surface area contributed by atoms with Crippen LogP contribution in [0, 0.1) is 5.92 Å². The molecule has 0 fully saturated rings. The summed E-state index contributed by atoms with van der Waals surface area (Å²) in [6.45, 7) is 4.73. The van der Waals surface area contributed by atoms with Crippen LogP contribution >= 0.6 is 0 Å². The third-order valence-corrected chi connectivity index (χ3v) is 9.85. The van der Waals surface area contributed by atoms with Crippen LogP contribution in [-0.2, 0) is 0 Å². The fraction of sp³-hybridized carbons (Fsp3) is 0.952. The van der Waals surface area contributed by atoms with Crippen molar-refractivity contribution in [2.24, 2.45) is 5.92 Å². The van der Waals surface area contributed by atoms with Crippen molar-refractivity contribution in [1.29, 1.82) is 0 Å². The van der Waals surface area contributed by atoms with E-state index in [9.17, 15) is 10.2 Å². The summed E-state index contributed by atoms with van der Waals surface area (Å²) in [4.78, 5) is 0. The molecule has 0 aromatic heterocycles. The predicted molar refractivity (Wildman–Crippen MR) is 199 cm³/mol. The normalized spacial score (nSPS) is 13.3. The lowest BCUT2D eigenvalue weighted by Gasteiger charge is -2.09. The van der Waals surface area contributed by atoms with Gasteiger partial charge in [0.25, 0.3) is 0 Å². The van der Waals surface area contributed by atoms with Crippen LogP contribution in [-0.4, -0.2) is 22.9 Å². The highest BCUT2D eigenvalue weighted by Gasteiger charge is 2.04. The number of aliphatic hydroxyl groups is 2. The number of rotatable bonds is 38. The van der Waals surface area contributed by atoms with Crippen LogP contribution in [0.2, 0.25) is 0 Å². The second-order valence-corrected chi connectivity index (χ2v) is 14.4. The summed E-state index contributed by atoms with van der Waals surface area (Å²) in [6.07, 6.45) is 52.1. The number of aliphatic hydroxyl groups excluding tert-OH is 2. The summed E-state index contributed by atoms with van der Waals surface area (Å²) < 4.78 is 0. The monoisotopic (exact) mass is 621 g/mol. The summed E-state index contributed by atoms with van der Waals surface area (Å²) in [5.41, 5.74) is 0. The van der Waals surface area contributed by atoms with Gasteiger partial charge in [0.15, 0.2) is 0 Å². The zero-order valence-corrected chi connectivity index (χ0v) is 30.7. The van der Waals surface area contributed by atoms with Gasteiger partial charge in [-0.2, -0.15) is 0 Å². The van der Waals surface area contributed by atoms with Gasteiger partial charge in [-0.1, -0.05) is 219 Å². The average molecular weight is 621 g/mol. The highest BCUT2D eigenvalue weighted by atomic mass is 16.3. The molecule has 2 atom stereocenters. The van der Waals surface area contributed by atoms with Gasteiger partial charge < -0.3 is 10.2 Å². The third-order valence-electron chi connectivity index (χ3n) is 9.85. The molecule has 0 aliphatic heterocycles. The van der Waals surface area contributed by atoms with Crippen molar-refractivity contribution < 1.29 is 10.2 Å². The van der Waals surface area contributed by atoms with Crippen LogP contribution in [0.15, 0.2) is 12.2 Å². The van der Waals surface area contributed by atoms with Crippen molar-refractivity contribution in [1.82, 2.24) is 0 Å². The smallest absolute Gasteiger partial charge is 0.0540 e. The number of unbranched alkanes of at least 4 members (excludes halogenated alkanes) is 29. The molecule has 0 rings (SSSR count). The Bertz CT molecular complexity index is 530. The van der Waals surface area contributed by atoms with Crippen molar-refractivity contribution >= 4 is 0 Å². The maximum atomic E-state index is 9.80. The molecule has 0 aliphatic carbocycles. The lowest BCUT2D eigenvalue weighted by Crippen LogP contribution is -2.04. The van der Waals surface area contributed by atoms with Crippen molar-refractivity contribution in [3.05, 3.63) is 12.2 Å². The van der Waals surface area contributed by atoms with E-state index in [2.05, 4.69) is 26.0 Å². The molecule has 0 amide bonds. The van der Waals surface area contributed by atoms with Crippen LogP contribution in [0.1, 0.15) is 239 Å². The molecule has 0 saturated carbocycles. The van der Waals surface area contributed by atoms with Crippen molar-refractivity contribution in [2.75, 3.05) is 6.61 Å². The Labute approximate surface area is 279 Å². The molecule has 2 heteroatoms. The van der Waals surface area contributed by atoms with Crippen molar-refractivity contribution in [3.63, 3.8) is 0 Å². The molecule has 2 nitrogen and oxygen atoms in total. The highest BCUT2D eigenvalue weighted by Crippen LogP contribution is 2.18. The van der Waals surface area contributed by atoms with E-state index in [1.807, 2.05) is 0 Å². The van der Waals surface area contributed by atoms with E-state index >= 15 is 0 Å². The first-order valence-electron chi connectivity index (χ1n) is 20.7. The van der Waals surface area contributed by atoms with Crippen LogP contribution in [0.3, 0.4) is 0 Å². The lowest BCUT2D eigenvalue weighted by atomic mass is 9.99. The van der Waals surface area contributed by atoms with Crippen LogP contribution in [0.5, 0.6) is 0 Å². The minimum atomic E-state index is -0.0949. The summed E-state index contributed by atoms with van der Waals surface area (Å²) in [6, 6.07) is 0. The summed E-state index contributed by atoms with van der Waals surface area (Å²) in [7, 11) is 0. The first-order valence-corrected chi connectivity index (χ1v) is 20.7. The number of hydrogen-bond acceptors (Lipinski definition) is 2. The fourth-order valence-electron chi connectivity index (χ4n) is 6.73. The predicted octanol–water partition coefficient (Wildman–Crippen LogP) is 14.2. The van der Waals surface area contributed by atoms with E-state index < -0.39 is 0 Å². The van der Waals surface area contributed by atoms with Crippen LogP contribution in [0.25, 0.3) is 0 Å². The topological polar surface area (TPSA) is 40.5 Å². The SMILES string of the molecule is CCCCCCCCCCCCCCCCCCCCCCCCCCCCCC(C=CCCCCCC(O)CCC)CO. The van der Waals surface area contributed by atoms with Gasteiger partial charge in [-0.15, -0.1) is 0 Å². The van der Waals surface area contributed by atoms with Gasteiger partial charge in [0.05, 0.1) is 6.10 Å². The molecule has 2 unspecified atom stereocenters. The van der Waals surface area contributed by atoms with Crippen LogP contribution < -0.4 is 0 Å². The molecule has 0 radical (unpaired) electrons.